The number of amides is 2. The third-order valence-corrected chi connectivity index (χ3v) is 5.90. The maximum absolute atomic E-state index is 14.3. The lowest BCUT2D eigenvalue weighted by atomic mass is 10.1. The van der Waals surface area contributed by atoms with Gasteiger partial charge in [0.25, 0.3) is 0 Å². The third-order valence-electron chi connectivity index (χ3n) is 4.76. The van der Waals surface area contributed by atoms with E-state index >= 15 is 0 Å². The lowest BCUT2D eigenvalue weighted by molar-refractivity contribution is -0.140. The zero-order chi connectivity index (χ0) is 25.0. The molecule has 33 heavy (non-hydrogen) atoms. The van der Waals surface area contributed by atoms with Gasteiger partial charge in [0.2, 0.25) is 21.8 Å². The molecule has 10 heteroatoms. The number of sulfonamides is 1. The van der Waals surface area contributed by atoms with Crippen molar-refractivity contribution in [1.82, 2.24) is 10.2 Å². The molecule has 0 fully saturated rings. The molecule has 0 bridgehead atoms. The first kappa shape index (κ1) is 26.2. The molecule has 0 aliphatic heterocycles. The predicted octanol–water partition coefficient (Wildman–Crippen LogP) is 3.06. The Labute approximate surface area is 193 Å². The number of nitrogens with zero attached hydrogens (tertiary/aromatic N) is 2. The van der Waals surface area contributed by atoms with Crippen molar-refractivity contribution in [3.05, 3.63) is 65.7 Å². The Bertz CT molecular complexity index is 1100. The summed E-state index contributed by atoms with van der Waals surface area (Å²) in [4.78, 5) is 27.2. The zero-order valence-electron chi connectivity index (χ0n) is 19.3. The van der Waals surface area contributed by atoms with Crippen molar-refractivity contribution in [2.45, 2.75) is 45.8 Å². The van der Waals surface area contributed by atoms with Gasteiger partial charge in [-0.15, -0.1) is 0 Å². The molecule has 0 spiro atoms. The molecule has 2 aromatic rings. The summed E-state index contributed by atoms with van der Waals surface area (Å²) in [7, 11) is -3.93. The molecule has 1 atom stereocenters. The van der Waals surface area contributed by atoms with E-state index in [0.29, 0.717) is 0 Å². The molecule has 1 unspecified atom stereocenters. The minimum atomic E-state index is -3.93. The Balaban J connectivity index is 2.41. The number of halogens is 2. The van der Waals surface area contributed by atoms with Gasteiger partial charge in [0, 0.05) is 17.6 Å². The highest BCUT2D eigenvalue weighted by atomic mass is 32.2. The van der Waals surface area contributed by atoms with E-state index in [0.717, 1.165) is 27.6 Å². The van der Waals surface area contributed by atoms with E-state index in [-0.39, 0.29) is 17.8 Å². The van der Waals surface area contributed by atoms with E-state index in [9.17, 15) is 26.8 Å². The minimum absolute atomic E-state index is 0.0879. The molecule has 0 aliphatic carbocycles. The number of carbonyl (C=O) groups excluding carboxylic acids is 2. The average Bonchev–Trinajstić information content (AvgIpc) is 2.69. The highest BCUT2D eigenvalue weighted by Gasteiger charge is 2.31. The average molecular weight is 482 g/mol. The van der Waals surface area contributed by atoms with Crippen molar-refractivity contribution in [3.63, 3.8) is 0 Å². The lowest BCUT2D eigenvalue weighted by Gasteiger charge is -2.33. The lowest BCUT2D eigenvalue weighted by Crippen LogP contribution is -2.54. The van der Waals surface area contributed by atoms with E-state index in [4.69, 9.17) is 0 Å². The Morgan fingerprint density at radius 3 is 2.12 bits per heavy atom. The second-order valence-electron chi connectivity index (χ2n) is 8.77. The van der Waals surface area contributed by atoms with Crippen molar-refractivity contribution in [2.75, 3.05) is 17.1 Å². The Kier molecular flexibility index (Phi) is 8.18. The van der Waals surface area contributed by atoms with E-state index in [1.807, 2.05) is 0 Å². The maximum Gasteiger partial charge on any atom is 0.244 e. The fourth-order valence-corrected chi connectivity index (χ4v) is 3.94. The van der Waals surface area contributed by atoms with Gasteiger partial charge < -0.3 is 10.2 Å². The van der Waals surface area contributed by atoms with E-state index < -0.39 is 51.6 Å². The van der Waals surface area contributed by atoms with Crippen LogP contribution in [0.1, 0.15) is 33.3 Å². The van der Waals surface area contributed by atoms with Crippen molar-refractivity contribution in [3.8, 4) is 0 Å². The number of anilines is 1. The smallest absolute Gasteiger partial charge is 0.244 e. The summed E-state index contributed by atoms with van der Waals surface area (Å²) in [5.41, 5.74) is -0.316. The summed E-state index contributed by atoms with van der Waals surface area (Å²) in [6.07, 6.45) is 0.917. The fraction of sp³-hybridized carbons (Fsp3) is 0.391. The molecule has 2 aromatic carbocycles. The summed E-state index contributed by atoms with van der Waals surface area (Å²) in [6.45, 7) is 5.93. The first-order chi connectivity index (χ1) is 15.2. The van der Waals surface area contributed by atoms with Crippen molar-refractivity contribution < 1.29 is 26.8 Å². The van der Waals surface area contributed by atoms with Gasteiger partial charge in [-0.3, -0.25) is 13.9 Å². The normalized spacial score (nSPS) is 12.7. The zero-order valence-corrected chi connectivity index (χ0v) is 20.1. The highest BCUT2D eigenvalue weighted by Crippen LogP contribution is 2.20. The number of nitrogens with one attached hydrogen (secondary N) is 1. The quantitative estimate of drug-likeness (QED) is 0.628. The molecule has 0 aliphatic rings. The summed E-state index contributed by atoms with van der Waals surface area (Å²) < 4.78 is 53.3. The Morgan fingerprint density at radius 2 is 1.61 bits per heavy atom. The molecule has 0 saturated carbocycles. The van der Waals surface area contributed by atoms with Gasteiger partial charge in [0.05, 0.1) is 11.9 Å². The van der Waals surface area contributed by atoms with Crippen molar-refractivity contribution >= 4 is 27.5 Å². The van der Waals surface area contributed by atoms with Crippen LogP contribution in [-0.4, -0.2) is 49.5 Å². The monoisotopic (exact) mass is 481 g/mol. The van der Waals surface area contributed by atoms with Crippen LogP contribution in [0.5, 0.6) is 0 Å². The van der Waals surface area contributed by atoms with Crippen LogP contribution in [0.2, 0.25) is 0 Å². The molecule has 0 aromatic heterocycles. The molecule has 1 N–H and O–H groups in total. The van der Waals surface area contributed by atoms with Crippen LogP contribution in [0.3, 0.4) is 0 Å². The Morgan fingerprint density at radius 1 is 1.03 bits per heavy atom. The summed E-state index contributed by atoms with van der Waals surface area (Å²) >= 11 is 0. The SMILES string of the molecule is CC(C(=O)NC(C)(C)C)N(Cc1ccccc1F)C(=O)CN(c1ccc(F)cc1)S(C)(=O)=O. The van der Waals surface area contributed by atoms with Crippen LogP contribution < -0.4 is 9.62 Å². The molecular weight excluding hydrogens is 452 g/mol. The third kappa shape index (κ3) is 7.52. The second-order valence-corrected chi connectivity index (χ2v) is 10.7. The second kappa shape index (κ2) is 10.3. The number of benzene rings is 2. The minimum Gasteiger partial charge on any atom is -0.350 e. The topological polar surface area (TPSA) is 86.8 Å². The van der Waals surface area contributed by atoms with Gasteiger partial charge in [-0.05, 0) is 58.0 Å². The summed E-state index contributed by atoms with van der Waals surface area (Å²) in [5.74, 6) is -2.31. The van der Waals surface area contributed by atoms with Gasteiger partial charge in [-0.2, -0.15) is 0 Å². The fourth-order valence-electron chi connectivity index (χ4n) is 3.09. The van der Waals surface area contributed by atoms with Crippen LogP contribution in [0, 0.1) is 11.6 Å². The molecule has 0 radical (unpaired) electrons. The van der Waals surface area contributed by atoms with Crippen molar-refractivity contribution in [2.24, 2.45) is 0 Å². The van der Waals surface area contributed by atoms with Gasteiger partial charge in [0.15, 0.2) is 0 Å². The predicted molar refractivity (Wildman–Crippen MR) is 123 cm³/mol. The molecule has 180 valence electrons. The summed E-state index contributed by atoms with van der Waals surface area (Å²) in [6, 6.07) is 9.43. The number of carbonyl (C=O) groups is 2. The Hall–Kier alpha value is -3.01. The first-order valence-electron chi connectivity index (χ1n) is 10.3. The summed E-state index contributed by atoms with van der Waals surface area (Å²) in [5, 5.41) is 2.78. The largest absolute Gasteiger partial charge is 0.350 e. The molecule has 2 amide bonds. The van der Waals surface area contributed by atoms with E-state index in [1.165, 1.54) is 37.3 Å². The van der Waals surface area contributed by atoms with Gasteiger partial charge >= 0.3 is 0 Å². The molecule has 0 saturated heterocycles. The van der Waals surface area contributed by atoms with Crippen LogP contribution in [0.15, 0.2) is 48.5 Å². The van der Waals surface area contributed by atoms with E-state index in [1.54, 1.807) is 26.8 Å². The first-order valence-corrected chi connectivity index (χ1v) is 12.1. The highest BCUT2D eigenvalue weighted by molar-refractivity contribution is 7.92. The molecule has 7 nitrogen and oxygen atoms in total. The number of hydrogen-bond acceptors (Lipinski definition) is 4. The standard InChI is InChI=1S/C23H29F2N3O4S/c1-16(22(30)26-23(2,3)4)27(14-17-8-6-7-9-20(17)25)21(29)15-28(33(5,31)32)19-12-10-18(24)11-13-19/h6-13,16H,14-15H2,1-5H3,(H,26,30). The van der Waals surface area contributed by atoms with Crippen molar-refractivity contribution in [1.29, 1.82) is 0 Å². The van der Waals surface area contributed by atoms with Crippen LogP contribution in [0.4, 0.5) is 14.5 Å². The van der Waals surface area contributed by atoms with Gasteiger partial charge in [0.1, 0.15) is 24.2 Å². The van der Waals surface area contributed by atoms with Gasteiger partial charge in [-0.25, -0.2) is 17.2 Å². The number of hydrogen-bond donors (Lipinski definition) is 1. The van der Waals surface area contributed by atoms with E-state index in [2.05, 4.69) is 5.32 Å². The number of rotatable bonds is 8. The molecule has 2 rings (SSSR count). The van der Waals surface area contributed by atoms with Gasteiger partial charge in [-0.1, -0.05) is 18.2 Å². The van der Waals surface area contributed by atoms with Crippen LogP contribution >= 0.6 is 0 Å². The molecular formula is C23H29F2N3O4S. The van der Waals surface area contributed by atoms with Crippen LogP contribution in [-0.2, 0) is 26.2 Å². The van der Waals surface area contributed by atoms with Crippen LogP contribution in [0.25, 0.3) is 0 Å². The maximum atomic E-state index is 14.3. The molecule has 0 heterocycles.